The Kier molecular flexibility index (Phi) is 4.00. The van der Waals surface area contributed by atoms with Crippen molar-refractivity contribution in [1.82, 2.24) is 4.90 Å². The molecule has 0 unspecified atom stereocenters. The summed E-state index contributed by atoms with van der Waals surface area (Å²) in [5.41, 5.74) is -1.03. The largest absolute Gasteiger partial charge is 0.465 e. The molecule has 6 nitrogen and oxygen atoms in total. The van der Waals surface area contributed by atoms with Gasteiger partial charge in [0.2, 0.25) is 0 Å². The molecule has 0 radical (unpaired) electrons. The van der Waals surface area contributed by atoms with Crippen LogP contribution in [-0.2, 0) is 14.3 Å². The summed E-state index contributed by atoms with van der Waals surface area (Å²) < 4.78 is 5.40. The summed E-state index contributed by atoms with van der Waals surface area (Å²) in [6, 6.07) is 0. The second-order valence-electron chi connectivity index (χ2n) is 7.06. The summed E-state index contributed by atoms with van der Waals surface area (Å²) in [7, 11) is 0. The highest BCUT2D eigenvalue weighted by Crippen LogP contribution is 2.49. The highest BCUT2D eigenvalue weighted by Gasteiger charge is 2.54. The first kappa shape index (κ1) is 15.8. The number of carbonyl (C=O) groups is 3. The molecule has 0 aromatic heterocycles. The zero-order valence-electron chi connectivity index (χ0n) is 12.8. The van der Waals surface area contributed by atoms with Gasteiger partial charge in [-0.1, -0.05) is 0 Å². The molecule has 1 aliphatic carbocycles. The normalized spacial score (nSPS) is 25.2. The summed E-state index contributed by atoms with van der Waals surface area (Å²) >= 11 is 0. The lowest BCUT2D eigenvalue weighted by Gasteiger charge is -2.41. The Morgan fingerprint density at radius 2 is 1.81 bits per heavy atom. The van der Waals surface area contributed by atoms with E-state index >= 15 is 0 Å². The number of ketones is 1. The smallest absolute Gasteiger partial charge is 0.407 e. The second kappa shape index (κ2) is 5.31. The Bertz CT molecular complexity index is 457. The molecule has 2 aliphatic rings. The second-order valence-corrected chi connectivity index (χ2v) is 7.06. The van der Waals surface area contributed by atoms with Crippen molar-refractivity contribution in [3.05, 3.63) is 0 Å². The number of rotatable bonds is 1. The summed E-state index contributed by atoms with van der Waals surface area (Å²) in [6.45, 7) is 6.10. The van der Waals surface area contributed by atoms with E-state index in [9.17, 15) is 14.4 Å². The van der Waals surface area contributed by atoms with E-state index in [2.05, 4.69) is 0 Å². The van der Waals surface area contributed by atoms with Crippen LogP contribution >= 0.6 is 0 Å². The van der Waals surface area contributed by atoms with Crippen molar-refractivity contribution in [2.75, 3.05) is 13.1 Å². The third-order valence-electron chi connectivity index (χ3n) is 4.48. The van der Waals surface area contributed by atoms with E-state index in [1.807, 2.05) is 0 Å². The number of piperidine rings is 1. The minimum atomic E-state index is -0.942. The number of hydrogen-bond acceptors (Lipinski definition) is 4. The molecular weight excluding hydrogens is 274 g/mol. The first-order valence-electron chi connectivity index (χ1n) is 7.38. The molecule has 2 fully saturated rings. The number of Topliss-reactive ketones (excluding diaryl/α,β-unsaturated/α-hetero) is 1. The van der Waals surface area contributed by atoms with E-state index < -0.39 is 29.0 Å². The standard InChI is InChI=1S/C15H23NO5/c1-14(2,3)21-12(18)11-10(17)4-5-15(11)6-8-16(9-7-15)13(19)20/h11H,4-9H2,1-3H3,(H,19,20)/t11-/m1/s1. The summed E-state index contributed by atoms with van der Waals surface area (Å²) in [4.78, 5) is 36.9. The summed E-state index contributed by atoms with van der Waals surface area (Å²) in [5.74, 6) is -1.24. The monoisotopic (exact) mass is 297 g/mol. The molecule has 1 atom stereocenters. The van der Waals surface area contributed by atoms with E-state index in [0.717, 1.165) is 0 Å². The van der Waals surface area contributed by atoms with E-state index in [4.69, 9.17) is 9.84 Å². The highest BCUT2D eigenvalue weighted by molar-refractivity contribution is 6.01. The Labute approximate surface area is 124 Å². The SMILES string of the molecule is CC(C)(C)OC(=O)[C@H]1C(=O)CCC12CCN(C(=O)O)CC2. The van der Waals surface area contributed by atoms with Gasteiger partial charge in [0, 0.05) is 19.5 Å². The molecular formula is C15H23NO5. The van der Waals surface area contributed by atoms with Crippen LogP contribution in [0, 0.1) is 11.3 Å². The van der Waals surface area contributed by atoms with E-state index in [1.54, 1.807) is 20.8 Å². The highest BCUT2D eigenvalue weighted by atomic mass is 16.6. The van der Waals surface area contributed by atoms with Crippen molar-refractivity contribution in [2.24, 2.45) is 11.3 Å². The van der Waals surface area contributed by atoms with Crippen LogP contribution in [0.25, 0.3) is 0 Å². The number of nitrogens with zero attached hydrogens (tertiary/aromatic N) is 1. The first-order valence-corrected chi connectivity index (χ1v) is 7.38. The fraction of sp³-hybridized carbons (Fsp3) is 0.800. The lowest BCUT2D eigenvalue weighted by atomic mass is 9.70. The molecule has 1 spiro atoms. The molecule has 2 rings (SSSR count). The molecule has 1 amide bonds. The van der Waals surface area contributed by atoms with Gasteiger partial charge < -0.3 is 14.7 Å². The summed E-state index contributed by atoms with van der Waals surface area (Å²) in [5, 5.41) is 9.02. The molecule has 118 valence electrons. The van der Waals surface area contributed by atoms with Gasteiger partial charge in [-0.3, -0.25) is 9.59 Å². The number of amides is 1. The van der Waals surface area contributed by atoms with Gasteiger partial charge in [-0.25, -0.2) is 4.79 Å². The molecule has 0 aromatic carbocycles. The van der Waals surface area contributed by atoms with Gasteiger partial charge in [0.1, 0.15) is 17.3 Å². The average Bonchev–Trinajstić information content (AvgIpc) is 2.65. The Morgan fingerprint density at radius 1 is 1.24 bits per heavy atom. The Hall–Kier alpha value is -1.59. The number of ether oxygens (including phenoxy) is 1. The third kappa shape index (κ3) is 3.19. The predicted molar refractivity (Wildman–Crippen MR) is 74.8 cm³/mol. The van der Waals surface area contributed by atoms with Gasteiger partial charge >= 0.3 is 12.1 Å². The van der Waals surface area contributed by atoms with Crippen molar-refractivity contribution in [1.29, 1.82) is 0 Å². The lowest BCUT2D eigenvalue weighted by Crippen LogP contribution is -2.47. The third-order valence-corrected chi connectivity index (χ3v) is 4.48. The van der Waals surface area contributed by atoms with Gasteiger partial charge in [-0.2, -0.15) is 0 Å². The van der Waals surface area contributed by atoms with Gasteiger partial charge in [0.15, 0.2) is 0 Å². The molecule has 21 heavy (non-hydrogen) atoms. The fourth-order valence-electron chi connectivity index (χ4n) is 3.43. The quantitative estimate of drug-likeness (QED) is 0.591. The Balaban J connectivity index is 2.14. The maximum atomic E-state index is 12.4. The lowest BCUT2D eigenvalue weighted by molar-refractivity contribution is -0.166. The first-order chi connectivity index (χ1) is 9.65. The van der Waals surface area contributed by atoms with Crippen molar-refractivity contribution < 1.29 is 24.2 Å². The molecule has 0 aromatic rings. The van der Waals surface area contributed by atoms with Crippen LogP contribution < -0.4 is 0 Å². The zero-order valence-corrected chi connectivity index (χ0v) is 12.8. The van der Waals surface area contributed by atoms with E-state index in [1.165, 1.54) is 4.90 Å². The fourth-order valence-corrected chi connectivity index (χ4v) is 3.43. The minimum Gasteiger partial charge on any atom is -0.465 e. The molecule has 1 saturated carbocycles. The molecule has 1 N–H and O–H groups in total. The molecule has 1 saturated heterocycles. The van der Waals surface area contributed by atoms with Crippen LogP contribution in [0.4, 0.5) is 4.79 Å². The number of carbonyl (C=O) groups excluding carboxylic acids is 2. The van der Waals surface area contributed by atoms with Crippen molar-refractivity contribution in [2.45, 2.75) is 52.1 Å². The van der Waals surface area contributed by atoms with Crippen LogP contribution in [0.15, 0.2) is 0 Å². The van der Waals surface area contributed by atoms with Crippen molar-refractivity contribution >= 4 is 17.8 Å². The van der Waals surface area contributed by atoms with Gasteiger partial charge in [0.05, 0.1) is 0 Å². The number of esters is 1. The molecule has 1 heterocycles. The molecule has 6 heteroatoms. The minimum absolute atomic E-state index is 0.0620. The zero-order chi connectivity index (χ0) is 15.8. The maximum absolute atomic E-state index is 12.4. The topological polar surface area (TPSA) is 83.9 Å². The van der Waals surface area contributed by atoms with Gasteiger partial charge in [-0.05, 0) is 45.4 Å². The Morgan fingerprint density at radius 3 is 2.29 bits per heavy atom. The molecule has 0 bridgehead atoms. The predicted octanol–water partition coefficient (Wildman–Crippen LogP) is 2.07. The van der Waals surface area contributed by atoms with Crippen LogP contribution in [-0.4, -0.2) is 46.5 Å². The maximum Gasteiger partial charge on any atom is 0.407 e. The average molecular weight is 297 g/mol. The van der Waals surface area contributed by atoms with Gasteiger partial charge in [0.25, 0.3) is 0 Å². The van der Waals surface area contributed by atoms with Crippen molar-refractivity contribution in [3.63, 3.8) is 0 Å². The number of likely N-dealkylation sites (tertiary alicyclic amines) is 1. The van der Waals surface area contributed by atoms with Crippen LogP contribution in [0.3, 0.4) is 0 Å². The van der Waals surface area contributed by atoms with E-state index in [0.29, 0.717) is 38.8 Å². The molecule has 1 aliphatic heterocycles. The van der Waals surface area contributed by atoms with Gasteiger partial charge in [-0.15, -0.1) is 0 Å². The van der Waals surface area contributed by atoms with E-state index in [-0.39, 0.29) is 5.78 Å². The van der Waals surface area contributed by atoms with Crippen molar-refractivity contribution in [3.8, 4) is 0 Å². The number of hydrogen-bond donors (Lipinski definition) is 1. The van der Waals surface area contributed by atoms with Crippen LogP contribution in [0.5, 0.6) is 0 Å². The van der Waals surface area contributed by atoms with Crippen LogP contribution in [0.2, 0.25) is 0 Å². The van der Waals surface area contributed by atoms with Crippen LogP contribution in [0.1, 0.15) is 46.5 Å². The summed E-state index contributed by atoms with van der Waals surface area (Å²) in [6.07, 6.45) is 1.20. The number of carboxylic acid groups (broad SMARTS) is 1.